The van der Waals surface area contributed by atoms with Gasteiger partial charge in [-0.1, -0.05) is 30.3 Å². The topological polar surface area (TPSA) is 75.1 Å². The number of aliphatic hydroxyl groups excluding tert-OH is 1. The maximum Gasteiger partial charge on any atom is 0.259 e. The highest BCUT2D eigenvalue weighted by Gasteiger charge is 2.27. The second kappa shape index (κ2) is 8.83. The SMILES string of the molecule is COc1ccc(C(=O)N2CCN(Cc3ccccc3)CC(O)C2)c(OC)n1. The average molecular weight is 371 g/mol. The highest BCUT2D eigenvalue weighted by molar-refractivity contribution is 5.96. The van der Waals surface area contributed by atoms with Gasteiger partial charge < -0.3 is 19.5 Å². The number of aliphatic hydroxyl groups is 1. The summed E-state index contributed by atoms with van der Waals surface area (Å²) < 4.78 is 10.3. The molecule has 1 N–H and O–H groups in total. The van der Waals surface area contributed by atoms with E-state index < -0.39 is 6.10 Å². The van der Waals surface area contributed by atoms with Crippen LogP contribution in [0.5, 0.6) is 11.8 Å². The van der Waals surface area contributed by atoms with Gasteiger partial charge in [0.2, 0.25) is 11.8 Å². The van der Waals surface area contributed by atoms with E-state index in [0.717, 1.165) is 6.54 Å². The minimum absolute atomic E-state index is 0.206. The summed E-state index contributed by atoms with van der Waals surface area (Å²) in [5.41, 5.74) is 1.55. The van der Waals surface area contributed by atoms with Gasteiger partial charge in [-0.2, -0.15) is 4.98 Å². The Labute approximate surface area is 159 Å². The van der Waals surface area contributed by atoms with Crippen molar-refractivity contribution in [2.24, 2.45) is 0 Å². The van der Waals surface area contributed by atoms with E-state index >= 15 is 0 Å². The maximum atomic E-state index is 13.0. The molecule has 0 bridgehead atoms. The van der Waals surface area contributed by atoms with Crippen LogP contribution in [0.15, 0.2) is 42.5 Å². The van der Waals surface area contributed by atoms with Crippen LogP contribution in [-0.2, 0) is 6.54 Å². The van der Waals surface area contributed by atoms with Crippen LogP contribution in [0.4, 0.5) is 0 Å². The van der Waals surface area contributed by atoms with Crippen LogP contribution in [0.1, 0.15) is 15.9 Å². The molecule has 0 aliphatic carbocycles. The van der Waals surface area contributed by atoms with Gasteiger partial charge in [-0.15, -0.1) is 0 Å². The summed E-state index contributed by atoms with van der Waals surface area (Å²) in [5.74, 6) is 0.398. The van der Waals surface area contributed by atoms with Crippen LogP contribution in [0.2, 0.25) is 0 Å². The summed E-state index contributed by atoms with van der Waals surface area (Å²) in [7, 11) is 2.98. The summed E-state index contributed by atoms with van der Waals surface area (Å²) in [5, 5.41) is 10.4. The predicted molar refractivity (Wildman–Crippen MR) is 101 cm³/mol. The van der Waals surface area contributed by atoms with Crippen molar-refractivity contribution in [1.29, 1.82) is 0 Å². The quantitative estimate of drug-likeness (QED) is 0.857. The molecule has 1 aromatic carbocycles. The molecular formula is C20H25N3O4. The fraction of sp³-hybridized carbons (Fsp3) is 0.400. The lowest BCUT2D eigenvalue weighted by atomic mass is 10.2. The highest BCUT2D eigenvalue weighted by Crippen LogP contribution is 2.22. The third kappa shape index (κ3) is 4.75. The molecule has 1 fully saturated rings. The Morgan fingerprint density at radius 1 is 1.11 bits per heavy atom. The van der Waals surface area contributed by atoms with Gasteiger partial charge in [0.15, 0.2) is 0 Å². The zero-order valence-corrected chi connectivity index (χ0v) is 15.7. The molecule has 1 unspecified atom stereocenters. The Morgan fingerprint density at radius 3 is 2.59 bits per heavy atom. The van der Waals surface area contributed by atoms with E-state index in [9.17, 15) is 9.90 Å². The van der Waals surface area contributed by atoms with Crippen molar-refractivity contribution in [3.8, 4) is 11.8 Å². The van der Waals surface area contributed by atoms with E-state index in [0.29, 0.717) is 31.1 Å². The molecule has 7 heteroatoms. The van der Waals surface area contributed by atoms with Gasteiger partial charge >= 0.3 is 0 Å². The number of amides is 1. The minimum atomic E-state index is -0.614. The first-order chi connectivity index (χ1) is 13.1. The molecular weight excluding hydrogens is 346 g/mol. The number of hydrogen-bond acceptors (Lipinski definition) is 6. The maximum absolute atomic E-state index is 13.0. The lowest BCUT2D eigenvalue weighted by Gasteiger charge is -2.22. The second-order valence-corrected chi connectivity index (χ2v) is 6.54. The molecule has 1 aliphatic heterocycles. The Bertz CT molecular complexity index is 769. The summed E-state index contributed by atoms with van der Waals surface area (Å²) in [6.07, 6.45) is -0.614. The second-order valence-electron chi connectivity index (χ2n) is 6.54. The molecule has 2 heterocycles. The number of β-amino-alcohol motifs (C(OH)–C–C–N with tert-alkyl or cyclic N) is 1. The molecule has 1 saturated heterocycles. The predicted octanol–water partition coefficient (Wildman–Crippen LogP) is 1.42. The van der Waals surface area contributed by atoms with Gasteiger partial charge in [-0.25, -0.2) is 0 Å². The molecule has 1 aromatic heterocycles. The molecule has 1 amide bonds. The van der Waals surface area contributed by atoms with Crippen molar-refractivity contribution in [3.05, 3.63) is 53.6 Å². The van der Waals surface area contributed by atoms with Crippen LogP contribution in [0.3, 0.4) is 0 Å². The van der Waals surface area contributed by atoms with Crippen molar-refractivity contribution in [3.63, 3.8) is 0 Å². The Balaban J connectivity index is 1.71. The average Bonchev–Trinajstić information content (AvgIpc) is 2.88. The third-order valence-electron chi connectivity index (χ3n) is 4.59. The first-order valence-corrected chi connectivity index (χ1v) is 8.93. The van der Waals surface area contributed by atoms with Gasteiger partial charge in [0.25, 0.3) is 5.91 Å². The lowest BCUT2D eigenvalue weighted by Crippen LogP contribution is -2.38. The smallest absolute Gasteiger partial charge is 0.259 e. The number of hydrogen-bond donors (Lipinski definition) is 1. The van der Waals surface area contributed by atoms with Crippen molar-refractivity contribution in [2.45, 2.75) is 12.6 Å². The van der Waals surface area contributed by atoms with Crippen LogP contribution in [0, 0.1) is 0 Å². The standard InChI is InChI=1S/C20H25N3O4/c1-26-18-9-8-17(19(21-18)27-2)20(25)23-11-10-22(13-16(24)14-23)12-15-6-4-3-5-7-15/h3-9,16,24H,10-14H2,1-2H3. The van der Waals surface area contributed by atoms with Crippen molar-refractivity contribution >= 4 is 5.91 Å². The number of aromatic nitrogens is 1. The van der Waals surface area contributed by atoms with Crippen LogP contribution in [-0.4, -0.2) is 72.3 Å². The Kier molecular flexibility index (Phi) is 6.26. The van der Waals surface area contributed by atoms with Gasteiger partial charge in [0, 0.05) is 38.8 Å². The molecule has 144 valence electrons. The number of methoxy groups -OCH3 is 2. The van der Waals surface area contributed by atoms with E-state index in [2.05, 4.69) is 22.0 Å². The minimum Gasteiger partial charge on any atom is -0.481 e. The number of pyridine rings is 1. The van der Waals surface area contributed by atoms with Crippen molar-refractivity contribution in [1.82, 2.24) is 14.8 Å². The normalized spacial score (nSPS) is 18.0. The fourth-order valence-corrected chi connectivity index (χ4v) is 3.25. The molecule has 0 radical (unpaired) electrons. The zero-order valence-electron chi connectivity index (χ0n) is 15.7. The van der Waals surface area contributed by atoms with E-state index in [1.807, 2.05) is 18.2 Å². The number of nitrogens with zero attached hydrogens (tertiary/aromatic N) is 3. The first kappa shape index (κ1) is 19.1. The number of benzene rings is 1. The molecule has 27 heavy (non-hydrogen) atoms. The largest absolute Gasteiger partial charge is 0.481 e. The monoisotopic (exact) mass is 371 g/mol. The van der Waals surface area contributed by atoms with Gasteiger partial charge in [0.05, 0.1) is 20.3 Å². The summed E-state index contributed by atoms with van der Waals surface area (Å²) >= 11 is 0. The third-order valence-corrected chi connectivity index (χ3v) is 4.59. The molecule has 1 atom stereocenters. The summed E-state index contributed by atoms with van der Waals surface area (Å²) in [6, 6.07) is 13.4. The van der Waals surface area contributed by atoms with Gasteiger partial charge in [-0.05, 0) is 11.6 Å². The van der Waals surface area contributed by atoms with Crippen LogP contribution in [0.25, 0.3) is 0 Å². The van der Waals surface area contributed by atoms with Crippen LogP contribution < -0.4 is 9.47 Å². The van der Waals surface area contributed by atoms with E-state index in [1.165, 1.54) is 19.8 Å². The van der Waals surface area contributed by atoms with E-state index in [4.69, 9.17) is 9.47 Å². The molecule has 7 nitrogen and oxygen atoms in total. The molecule has 3 rings (SSSR count). The van der Waals surface area contributed by atoms with Crippen molar-refractivity contribution in [2.75, 3.05) is 40.4 Å². The zero-order chi connectivity index (χ0) is 19.2. The van der Waals surface area contributed by atoms with Crippen molar-refractivity contribution < 1.29 is 19.4 Å². The van der Waals surface area contributed by atoms with Gasteiger partial charge in [-0.3, -0.25) is 9.69 Å². The van der Waals surface area contributed by atoms with E-state index in [1.54, 1.807) is 17.0 Å². The number of ether oxygens (including phenoxy) is 2. The molecule has 0 saturated carbocycles. The lowest BCUT2D eigenvalue weighted by molar-refractivity contribution is 0.0659. The summed E-state index contributed by atoms with van der Waals surface area (Å²) in [6.45, 7) is 2.75. The summed E-state index contributed by atoms with van der Waals surface area (Å²) in [4.78, 5) is 21.0. The number of carbonyl (C=O) groups is 1. The number of rotatable bonds is 5. The Hall–Kier alpha value is -2.64. The molecule has 2 aromatic rings. The van der Waals surface area contributed by atoms with Gasteiger partial charge in [0.1, 0.15) is 5.56 Å². The number of carbonyl (C=O) groups excluding carboxylic acids is 1. The van der Waals surface area contributed by atoms with Crippen LogP contribution >= 0.6 is 0 Å². The highest BCUT2D eigenvalue weighted by atomic mass is 16.5. The van der Waals surface area contributed by atoms with E-state index in [-0.39, 0.29) is 18.3 Å². The molecule has 0 spiro atoms. The first-order valence-electron chi connectivity index (χ1n) is 8.93. The Morgan fingerprint density at radius 2 is 1.89 bits per heavy atom. The fourth-order valence-electron chi connectivity index (χ4n) is 3.25. The molecule has 1 aliphatic rings.